The molecular formula is C16H13ClF3N5. The number of nitrogens with one attached hydrogen (secondary N) is 1. The second kappa shape index (κ2) is 5.59. The molecule has 0 saturated heterocycles. The highest BCUT2D eigenvalue weighted by atomic mass is 35.5. The van der Waals surface area contributed by atoms with Crippen LogP contribution in [0, 0.1) is 0 Å². The molecule has 0 amide bonds. The van der Waals surface area contributed by atoms with E-state index in [0.29, 0.717) is 21.9 Å². The van der Waals surface area contributed by atoms with E-state index < -0.39 is 12.0 Å². The summed E-state index contributed by atoms with van der Waals surface area (Å²) in [5, 5.41) is 14.4. The zero-order valence-corrected chi connectivity index (χ0v) is 13.6. The van der Waals surface area contributed by atoms with Crippen molar-refractivity contribution < 1.29 is 13.2 Å². The Balaban J connectivity index is 1.56. The number of alkyl halides is 3. The Kier molecular flexibility index (Phi) is 3.61. The Morgan fingerprint density at radius 2 is 1.80 bits per heavy atom. The number of nitrogens with zero attached hydrogens (tertiary/aromatic N) is 4. The minimum Gasteiger partial charge on any atom is -0.368 e. The Labute approximate surface area is 145 Å². The van der Waals surface area contributed by atoms with Crippen LogP contribution in [-0.4, -0.2) is 26.4 Å². The summed E-state index contributed by atoms with van der Waals surface area (Å²) in [4.78, 5) is 0. The zero-order valence-electron chi connectivity index (χ0n) is 12.9. The molecule has 1 N–H and O–H groups in total. The van der Waals surface area contributed by atoms with Crippen molar-refractivity contribution in [2.45, 2.75) is 24.4 Å². The molecule has 0 radical (unpaired) electrons. The summed E-state index contributed by atoms with van der Waals surface area (Å²) in [7, 11) is 0. The number of halogens is 4. The van der Waals surface area contributed by atoms with Crippen LogP contribution in [-0.2, 0) is 11.6 Å². The van der Waals surface area contributed by atoms with Crippen LogP contribution >= 0.6 is 11.6 Å². The predicted molar refractivity (Wildman–Crippen MR) is 86.6 cm³/mol. The van der Waals surface area contributed by atoms with Gasteiger partial charge in [0.25, 0.3) is 5.82 Å². The van der Waals surface area contributed by atoms with Crippen molar-refractivity contribution in [1.82, 2.24) is 19.8 Å². The lowest BCUT2D eigenvalue weighted by atomic mass is 9.96. The van der Waals surface area contributed by atoms with Gasteiger partial charge in [0.05, 0.1) is 0 Å². The average molecular weight is 368 g/mol. The van der Waals surface area contributed by atoms with Gasteiger partial charge < -0.3 is 5.32 Å². The molecule has 2 heterocycles. The first kappa shape index (κ1) is 16.1. The lowest BCUT2D eigenvalue weighted by Gasteiger charge is -2.17. The Bertz CT molecular complexity index is 916. The Hall–Kier alpha value is -2.35. The van der Waals surface area contributed by atoms with E-state index in [4.69, 9.17) is 11.6 Å². The normalized spacial score (nSPS) is 16.2. The molecule has 2 aromatic heterocycles. The number of fused-ring (bicyclic) bond motifs is 1. The van der Waals surface area contributed by atoms with E-state index in [9.17, 15) is 13.2 Å². The van der Waals surface area contributed by atoms with Crippen molar-refractivity contribution >= 4 is 23.1 Å². The molecule has 0 atom stereocenters. The molecule has 1 aliphatic carbocycles. The standard InChI is InChI=1S/C16H13ClF3N5/c17-11-3-1-10(2-4-11)15(7-8-15)9-21-12-5-6-13-22-23-14(16(18,19)20)25(13)24-12/h1-6H,7-9H2,(H,21,24). The third-order valence-electron chi connectivity index (χ3n) is 4.43. The van der Waals surface area contributed by atoms with Crippen molar-refractivity contribution in [3.05, 3.63) is 52.8 Å². The summed E-state index contributed by atoms with van der Waals surface area (Å²) in [6.45, 7) is 0.580. The van der Waals surface area contributed by atoms with Gasteiger partial charge in [-0.05, 0) is 42.7 Å². The quantitative estimate of drug-likeness (QED) is 0.759. The van der Waals surface area contributed by atoms with Gasteiger partial charge in [0.15, 0.2) is 5.65 Å². The van der Waals surface area contributed by atoms with Gasteiger partial charge in [-0.1, -0.05) is 23.7 Å². The van der Waals surface area contributed by atoms with Gasteiger partial charge in [0.2, 0.25) is 0 Å². The first-order valence-corrected chi connectivity index (χ1v) is 8.05. The molecule has 5 nitrogen and oxygen atoms in total. The number of hydrogen-bond donors (Lipinski definition) is 1. The fraction of sp³-hybridized carbons (Fsp3) is 0.312. The van der Waals surface area contributed by atoms with E-state index in [1.165, 1.54) is 6.07 Å². The maximum absolute atomic E-state index is 12.9. The number of hydrogen-bond acceptors (Lipinski definition) is 4. The van der Waals surface area contributed by atoms with E-state index in [-0.39, 0.29) is 11.1 Å². The average Bonchev–Trinajstić information content (AvgIpc) is 3.23. The van der Waals surface area contributed by atoms with Crippen LogP contribution in [0.15, 0.2) is 36.4 Å². The highest BCUT2D eigenvalue weighted by Crippen LogP contribution is 2.48. The molecule has 0 aliphatic heterocycles. The summed E-state index contributed by atoms with van der Waals surface area (Å²) in [5.41, 5.74) is 1.18. The Morgan fingerprint density at radius 3 is 2.44 bits per heavy atom. The minimum absolute atomic E-state index is 0.0265. The fourth-order valence-corrected chi connectivity index (χ4v) is 2.97. The van der Waals surface area contributed by atoms with E-state index in [2.05, 4.69) is 20.6 Å². The highest BCUT2D eigenvalue weighted by Gasteiger charge is 2.44. The van der Waals surface area contributed by atoms with Gasteiger partial charge in [-0.25, -0.2) is 0 Å². The summed E-state index contributed by atoms with van der Waals surface area (Å²) >= 11 is 5.92. The predicted octanol–water partition coefficient (Wildman–Crippen LogP) is 3.94. The van der Waals surface area contributed by atoms with Crippen molar-refractivity contribution in [1.29, 1.82) is 0 Å². The molecule has 0 spiro atoms. The van der Waals surface area contributed by atoms with Gasteiger partial charge in [0, 0.05) is 17.0 Å². The van der Waals surface area contributed by atoms with Crippen LogP contribution in [0.5, 0.6) is 0 Å². The lowest BCUT2D eigenvalue weighted by molar-refractivity contribution is -0.146. The number of rotatable bonds is 4. The monoisotopic (exact) mass is 367 g/mol. The molecule has 0 bridgehead atoms. The molecule has 1 aromatic carbocycles. The van der Waals surface area contributed by atoms with Crippen LogP contribution in [0.3, 0.4) is 0 Å². The number of aromatic nitrogens is 4. The summed E-state index contributed by atoms with van der Waals surface area (Å²) in [6.07, 6.45) is -2.60. The van der Waals surface area contributed by atoms with E-state index >= 15 is 0 Å². The molecule has 9 heteroatoms. The SMILES string of the molecule is FC(F)(F)c1nnc2ccc(NCC3(c4ccc(Cl)cc4)CC3)nn12. The molecule has 1 aliphatic rings. The van der Waals surface area contributed by atoms with Gasteiger partial charge in [0.1, 0.15) is 5.82 Å². The van der Waals surface area contributed by atoms with Crippen molar-refractivity contribution in [3.63, 3.8) is 0 Å². The Morgan fingerprint density at radius 1 is 1.08 bits per heavy atom. The van der Waals surface area contributed by atoms with Crippen molar-refractivity contribution in [3.8, 4) is 0 Å². The minimum atomic E-state index is -4.61. The van der Waals surface area contributed by atoms with Crippen molar-refractivity contribution in [2.24, 2.45) is 0 Å². The van der Waals surface area contributed by atoms with Crippen LogP contribution in [0.4, 0.5) is 19.0 Å². The van der Waals surface area contributed by atoms with E-state index in [1.54, 1.807) is 6.07 Å². The van der Waals surface area contributed by atoms with E-state index in [1.807, 2.05) is 24.3 Å². The van der Waals surface area contributed by atoms with Gasteiger partial charge in [-0.2, -0.15) is 17.7 Å². The fourth-order valence-electron chi connectivity index (χ4n) is 2.84. The molecule has 1 saturated carbocycles. The largest absolute Gasteiger partial charge is 0.453 e. The third-order valence-corrected chi connectivity index (χ3v) is 4.69. The van der Waals surface area contributed by atoms with Crippen LogP contribution in [0.2, 0.25) is 5.02 Å². The molecule has 4 rings (SSSR count). The number of benzene rings is 1. The first-order valence-electron chi connectivity index (χ1n) is 7.67. The van der Waals surface area contributed by atoms with Gasteiger partial charge in [-0.15, -0.1) is 15.3 Å². The first-order chi connectivity index (χ1) is 11.9. The van der Waals surface area contributed by atoms with Crippen molar-refractivity contribution in [2.75, 3.05) is 11.9 Å². The maximum Gasteiger partial charge on any atom is 0.453 e. The molecule has 3 aromatic rings. The van der Waals surface area contributed by atoms with Crippen LogP contribution < -0.4 is 5.32 Å². The van der Waals surface area contributed by atoms with Gasteiger partial charge >= 0.3 is 6.18 Å². The summed E-state index contributed by atoms with van der Waals surface area (Å²) < 4.78 is 39.5. The topological polar surface area (TPSA) is 55.1 Å². The van der Waals surface area contributed by atoms with Crippen LogP contribution in [0.25, 0.3) is 5.65 Å². The summed E-state index contributed by atoms with van der Waals surface area (Å²) in [5.74, 6) is -0.789. The van der Waals surface area contributed by atoms with Gasteiger partial charge in [-0.3, -0.25) is 0 Å². The molecule has 25 heavy (non-hydrogen) atoms. The summed E-state index contributed by atoms with van der Waals surface area (Å²) in [6, 6.07) is 10.7. The molecule has 0 unspecified atom stereocenters. The smallest absolute Gasteiger partial charge is 0.368 e. The van der Waals surface area contributed by atoms with Crippen LogP contribution in [0.1, 0.15) is 24.2 Å². The molecule has 130 valence electrons. The zero-order chi connectivity index (χ0) is 17.7. The molecule has 1 fully saturated rings. The molecular weight excluding hydrogens is 355 g/mol. The highest BCUT2D eigenvalue weighted by molar-refractivity contribution is 6.30. The second-order valence-corrected chi connectivity index (χ2v) is 6.59. The van der Waals surface area contributed by atoms with E-state index in [0.717, 1.165) is 18.4 Å². The second-order valence-electron chi connectivity index (χ2n) is 6.15. The third kappa shape index (κ3) is 3.02. The lowest BCUT2D eigenvalue weighted by Crippen LogP contribution is -2.21. The maximum atomic E-state index is 12.9. The number of anilines is 1.